The van der Waals surface area contributed by atoms with E-state index >= 15 is 0 Å². The molecule has 0 fully saturated rings. The third-order valence-corrected chi connectivity index (χ3v) is 2.99. The van der Waals surface area contributed by atoms with Gasteiger partial charge in [-0.1, -0.05) is 29.8 Å². The van der Waals surface area contributed by atoms with Crippen LogP contribution in [-0.4, -0.2) is 4.98 Å². The molecule has 94 valence electrons. The van der Waals surface area contributed by atoms with Crippen LogP contribution < -0.4 is 10.5 Å². The maximum atomic E-state index is 5.85. The summed E-state index contributed by atoms with van der Waals surface area (Å²) in [7, 11) is 0. The molecular formula is C15H11ClN2O. The number of hydrogen-bond donors (Lipinski definition) is 1. The number of ether oxygens (including phenoxy) is 1. The summed E-state index contributed by atoms with van der Waals surface area (Å²) in [6.45, 7) is 0. The van der Waals surface area contributed by atoms with Crippen molar-refractivity contribution >= 4 is 28.2 Å². The maximum Gasteiger partial charge on any atom is 0.219 e. The molecule has 0 saturated carbocycles. The predicted molar refractivity (Wildman–Crippen MR) is 77.7 cm³/mol. The van der Waals surface area contributed by atoms with Crippen LogP contribution in [0.5, 0.6) is 11.6 Å². The van der Waals surface area contributed by atoms with Crippen LogP contribution >= 0.6 is 11.6 Å². The molecule has 0 aliphatic carbocycles. The van der Waals surface area contributed by atoms with E-state index in [0.717, 1.165) is 10.9 Å². The fourth-order valence-electron chi connectivity index (χ4n) is 1.83. The van der Waals surface area contributed by atoms with Crippen LogP contribution in [0.15, 0.2) is 54.6 Å². The minimum absolute atomic E-state index is 0.488. The van der Waals surface area contributed by atoms with Crippen LogP contribution in [0.1, 0.15) is 0 Å². The van der Waals surface area contributed by atoms with Crippen molar-refractivity contribution in [2.24, 2.45) is 0 Å². The lowest BCUT2D eigenvalue weighted by molar-refractivity contribution is 0.467. The Morgan fingerprint density at radius 1 is 1.00 bits per heavy atom. The van der Waals surface area contributed by atoms with Gasteiger partial charge in [0.25, 0.3) is 0 Å². The van der Waals surface area contributed by atoms with Crippen molar-refractivity contribution in [3.8, 4) is 11.6 Å². The van der Waals surface area contributed by atoms with Gasteiger partial charge >= 0.3 is 0 Å². The summed E-state index contributed by atoms with van der Waals surface area (Å²) in [5, 5.41) is 1.65. The SMILES string of the molecule is Nc1cc(Cl)ccc1Oc1ccc2ccccc2n1. The van der Waals surface area contributed by atoms with E-state index in [0.29, 0.717) is 22.3 Å². The molecule has 19 heavy (non-hydrogen) atoms. The second-order valence-electron chi connectivity index (χ2n) is 4.13. The van der Waals surface area contributed by atoms with Crippen molar-refractivity contribution in [1.29, 1.82) is 0 Å². The van der Waals surface area contributed by atoms with E-state index in [1.54, 1.807) is 18.2 Å². The minimum atomic E-state index is 0.488. The highest BCUT2D eigenvalue weighted by Gasteiger charge is 2.04. The average Bonchev–Trinajstić information content (AvgIpc) is 2.42. The number of aromatic nitrogens is 1. The Balaban J connectivity index is 1.96. The van der Waals surface area contributed by atoms with E-state index in [9.17, 15) is 0 Å². The summed E-state index contributed by atoms with van der Waals surface area (Å²) in [5.41, 5.74) is 7.22. The molecule has 3 rings (SSSR count). The Morgan fingerprint density at radius 3 is 2.68 bits per heavy atom. The van der Waals surface area contributed by atoms with Gasteiger partial charge in [-0.25, -0.2) is 4.98 Å². The number of fused-ring (bicyclic) bond motifs is 1. The van der Waals surface area contributed by atoms with Crippen molar-refractivity contribution in [1.82, 2.24) is 4.98 Å². The molecule has 0 radical (unpaired) electrons. The Labute approximate surface area is 115 Å². The van der Waals surface area contributed by atoms with Crippen LogP contribution in [0, 0.1) is 0 Å². The molecule has 1 aromatic heterocycles. The van der Waals surface area contributed by atoms with E-state index in [2.05, 4.69) is 4.98 Å². The highest BCUT2D eigenvalue weighted by atomic mass is 35.5. The fourth-order valence-corrected chi connectivity index (χ4v) is 2.01. The average molecular weight is 271 g/mol. The van der Waals surface area contributed by atoms with Crippen LogP contribution in [0.3, 0.4) is 0 Å². The summed E-state index contributed by atoms with van der Waals surface area (Å²) in [6, 6.07) is 16.7. The van der Waals surface area contributed by atoms with Gasteiger partial charge in [0.15, 0.2) is 5.75 Å². The fraction of sp³-hybridized carbons (Fsp3) is 0. The Hall–Kier alpha value is -2.26. The largest absolute Gasteiger partial charge is 0.437 e. The number of halogens is 1. The van der Waals surface area contributed by atoms with Gasteiger partial charge in [-0.2, -0.15) is 0 Å². The van der Waals surface area contributed by atoms with Gasteiger partial charge in [-0.15, -0.1) is 0 Å². The number of pyridine rings is 1. The number of para-hydroxylation sites is 1. The predicted octanol–water partition coefficient (Wildman–Crippen LogP) is 4.26. The first-order chi connectivity index (χ1) is 9.22. The standard InChI is InChI=1S/C15H11ClN2O/c16-11-6-7-14(12(17)9-11)19-15-8-5-10-3-1-2-4-13(10)18-15/h1-9H,17H2. The number of nitrogen functional groups attached to an aromatic ring is 1. The van der Waals surface area contributed by atoms with Crippen molar-refractivity contribution in [3.05, 3.63) is 59.6 Å². The second kappa shape index (κ2) is 4.78. The van der Waals surface area contributed by atoms with Gasteiger partial charge in [0, 0.05) is 16.5 Å². The lowest BCUT2D eigenvalue weighted by Crippen LogP contribution is -1.93. The third-order valence-electron chi connectivity index (χ3n) is 2.76. The normalized spacial score (nSPS) is 10.6. The minimum Gasteiger partial charge on any atom is -0.437 e. The van der Waals surface area contributed by atoms with Gasteiger partial charge in [0.1, 0.15) is 0 Å². The van der Waals surface area contributed by atoms with Crippen molar-refractivity contribution in [3.63, 3.8) is 0 Å². The highest BCUT2D eigenvalue weighted by molar-refractivity contribution is 6.30. The molecule has 0 saturated heterocycles. The second-order valence-corrected chi connectivity index (χ2v) is 4.56. The first kappa shape index (κ1) is 11.8. The van der Waals surface area contributed by atoms with Crippen molar-refractivity contribution in [2.45, 2.75) is 0 Å². The molecule has 0 aliphatic heterocycles. The Morgan fingerprint density at radius 2 is 1.84 bits per heavy atom. The molecule has 0 spiro atoms. The lowest BCUT2D eigenvalue weighted by atomic mass is 10.2. The number of benzene rings is 2. The third kappa shape index (κ3) is 2.46. The zero-order chi connectivity index (χ0) is 13.2. The maximum absolute atomic E-state index is 5.85. The summed E-state index contributed by atoms with van der Waals surface area (Å²) in [5.74, 6) is 1.06. The van der Waals surface area contributed by atoms with Crippen molar-refractivity contribution in [2.75, 3.05) is 5.73 Å². The lowest BCUT2D eigenvalue weighted by Gasteiger charge is -2.08. The van der Waals surface area contributed by atoms with E-state index < -0.39 is 0 Å². The molecule has 0 atom stereocenters. The van der Waals surface area contributed by atoms with E-state index in [1.807, 2.05) is 36.4 Å². The molecule has 2 aromatic carbocycles. The van der Waals surface area contributed by atoms with Gasteiger partial charge < -0.3 is 10.5 Å². The van der Waals surface area contributed by atoms with Crippen LogP contribution in [0.4, 0.5) is 5.69 Å². The first-order valence-corrected chi connectivity index (χ1v) is 6.19. The van der Waals surface area contributed by atoms with Crippen molar-refractivity contribution < 1.29 is 4.74 Å². The number of hydrogen-bond acceptors (Lipinski definition) is 3. The van der Waals surface area contributed by atoms with E-state index in [4.69, 9.17) is 22.1 Å². The van der Waals surface area contributed by atoms with Crippen LogP contribution in [0.2, 0.25) is 5.02 Å². The number of nitrogens with two attached hydrogens (primary N) is 1. The van der Waals surface area contributed by atoms with Gasteiger partial charge in [-0.3, -0.25) is 0 Å². The quantitative estimate of drug-likeness (QED) is 0.708. The van der Waals surface area contributed by atoms with Crippen LogP contribution in [-0.2, 0) is 0 Å². The number of nitrogens with zero attached hydrogens (tertiary/aromatic N) is 1. The van der Waals surface area contributed by atoms with Gasteiger partial charge in [0.05, 0.1) is 11.2 Å². The molecule has 0 amide bonds. The molecule has 0 bridgehead atoms. The Kier molecular flexibility index (Phi) is 2.97. The van der Waals surface area contributed by atoms with E-state index in [1.165, 1.54) is 0 Å². The molecular weight excluding hydrogens is 260 g/mol. The number of anilines is 1. The van der Waals surface area contributed by atoms with E-state index in [-0.39, 0.29) is 0 Å². The molecule has 3 aromatic rings. The molecule has 0 aliphatic rings. The molecule has 3 nitrogen and oxygen atoms in total. The summed E-state index contributed by atoms with van der Waals surface area (Å²) in [6.07, 6.45) is 0. The first-order valence-electron chi connectivity index (χ1n) is 5.81. The zero-order valence-electron chi connectivity index (χ0n) is 10.0. The zero-order valence-corrected chi connectivity index (χ0v) is 10.8. The molecule has 1 heterocycles. The summed E-state index contributed by atoms with van der Waals surface area (Å²) >= 11 is 5.85. The smallest absolute Gasteiger partial charge is 0.219 e. The molecule has 0 unspecified atom stereocenters. The van der Waals surface area contributed by atoms with Crippen LogP contribution in [0.25, 0.3) is 10.9 Å². The summed E-state index contributed by atoms with van der Waals surface area (Å²) in [4.78, 5) is 4.42. The van der Waals surface area contributed by atoms with Gasteiger partial charge in [-0.05, 0) is 30.3 Å². The van der Waals surface area contributed by atoms with Gasteiger partial charge in [0.2, 0.25) is 5.88 Å². The molecule has 2 N–H and O–H groups in total. The number of rotatable bonds is 2. The topological polar surface area (TPSA) is 48.1 Å². The Bertz CT molecular complexity index is 743. The highest BCUT2D eigenvalue weighted by Crippen LogP contribution is 2.29. The monoisotopic (exact) mass is 270 g/mol. The summed E-state index contributed by atoms with van der Waals surface area (Å²) < 4.78 is 5.68. The molecule has 4 heteroatoms.